The summed E-state index contributed by atoms with van der Waals surface area (Å²) in [6.45, 7) is 0. The van der Waals surface area contributed by atoms with E-state index in [0.717, 1.165) is 0 Å². The van der Waals surface area contributed by atoms with E-state index in [1.807, 2.05) is 0 Å². The van der Waals surface area contributed by atoms with Crippen molar-refractivity contribution in [2.24, 2.45) is 0 Å². The van der Waals surface area contributed by atoms with Crippen LogP contribution in [-0.4, -0.2) is 6.18 Å². The number of alkyl halides is 3. The van der Waals surface area contributed by atoms with E-state index in [1.54, 1.807) is 0 Å². The Kier molecular flexibility index (Phi) is 5.15. The summed E-state index contributed by atoms with van der Waals surface area (Å²) in [6.07, 6.45) is 0.938. The molecule has 0 atom stereocenters. The number of hydrogen-bond donors (Lipinski definition) is 0. The monoisotopic (exact) mass is 182 g/mol. The quantitative estimate of drug-likeness (QED) is 0.389. The summed E-state index contributed by atoms with van der Waals surface area (Å²) in [7, 11) is 0. The molecule has 0 nitrogen and oxygen atoms in total. The molecule has 0 saturated heterocycles. The van der Waals surface area contributed by atoms with Gasteiger partial charge in [0, 0.05) is 0 Å². The predicted molar refractivity (Wildman–Crippen MR) is 13.2 cm³/mol. The first kappa shape index (κ1) is 10.4. The second kappa shape index (κ2) is 3.46. The maximum Gasteiger partial charge on any atom is 3.00 e. The van der Waals surface area contributed by atoms with Crippen molar-refractivity contribution < 1.29 is 45.9 Å². The first-order chi connectivity index (χ1) is 2.56. The minimum absolute atomic E-state index is 0. The Labute approximate surface area is 64.3 Å². The van der Waals surface area contributed by atoms with E-state index in [9.17, 15) is 13.2 Å². The van der Waals surface area contributed by atoms with Gasteiger partial charge in [-0.1, -0.05) is 0 Å². The first-order valence-electron chi connectivity index (χ1n) is 1.07. The van der Waals surface area contributed by atoms with Crippen LogP contribution in [0.15, 0.2) is 0 Å². The molecule has 34 valence electrons. The minimum Gasteiger partial charge on any atom is -0.685 e. The molecule has 0 heterocycles. The molecule has 0 aromatic carbocycles. The van der Waals surface area contributed by atoms with Crippen LogP contribution in [0.3, 0.4) is 0 Å². The van der Waals surface area contributed by atoms with Crippen molar-refractivity contribution in [3.63, 3.8) is 0 Å². The molecule has 0 spiro atoms. The van der Waals surface area contributed by atoms with Gasteiger partial charge >= 0.3 is 38.9 Å². The Balaban J connectivity index is 0. The fourth-order valence-electron chi connectivity index (χ4n) is 0. The fraction of sp³-hybridized carbons (Fsp3) is 0.333. The van der Waals surface area contributed by atoms with Gasteiger partial charge in [-0.25, -0.2) is 5.92 Å². The van der Waals surface area contributed by atoms with Crippen LogP contribution in [0.2, 0.25) is 0 Å². The van der Waals surface area contributed by atoms with Gasteiger partial charge < -0.3 is 6.42 Å². The topological polar surface area (TPSA) is 0 Å². The SMILES string of the molecule is [C-]#CC(F)(F)F.[Y+3]. The Bertz CT molecular complexity index is 77.2. The van der Waals surface area contributed by atoms with Crippen LogP contribution in [0.25, 0.3) is 0 Å². The molecule has 7 heavy (non-hydrogen) atoms. The van der Waals surface area contributed by atoms with Gasteiger partial charge in [-0.05, 0) is 0 Å². The van der Waals surface area contributed by atoms with Gasteiger partial charge in [-0.2, -0.15) is 13.2 Å². The van der Waals surface area contributed by atoms with Crippen molar-refractivity contribution in [3.8, 4) is 5.92 Å². The van der Waals surface area contributed by atoms with Gasteiger partial charge in [-0.3, -0.25) is 0 Å². The summed E-state index contributed by atoms with van der Waals surface area (Å²) >= 11 is 0. The van der Waals surface area contributed by atoms with Crippen LogP contribution >= 0.6 is 0 Å². The van der Waals surface area contributed by atoms with Crippen molar-refractivity contribution in [2.75, 3.05) is 0 Å². The zero-order chi connectivity index (χ0) is 5.21. The average Bonchev–Trinajstić information content (AvgIpc) is 1.35. The fourth-order valence-corrected chi connectivity index (χ4v) is 0. The molecule has 0 aliphatic rings. The van der Waals surface area contributed by atoms with Gasteiger partial charge in [0.15, 0.2) is 0 Å². The normalized spacial score (nSPS) is 8.86. The third-order valence-electron chi connectivity index (χ3n) is 0.142. The molecule has 0 radical (unpaired) electrons. The first-order valence-corrected chi connectivity index (χ1v) is 1.07. The Morgan fingerprint density at radius 1 is 1.29 bits per heavy atom. The molecule has 0 fully saturated rings. The summed E-state index contributed by atoms with van der Waals surface area (Å²) in [5, 5.41) is 0. The standard InChI is InChI=1S/C3F3.Y/c1-2-3(4,5)6;/q-1;+3. The summed E-state index contributed by atoms with van der Waals surface area (Å²) < 4.78 is 31.5. The van der Waals surface area contributed by atoms with Crippen LogP contribution in [0, 0.1) is 12.3 Å². The molecular formula is C3F3Y+2. The van der Waals surface area contributed by atoms with Crippen molar-refractivity contribution in [1.29, 1.82) is 0 Å². The maximum atomic E-state index is 10.5. The third-order valence-corrected chi connectivity index (χ3v) is 0.142. The molecule has 0 rings (SSSR count). The van der Waals surface area contributed by atoms with Gasteiger partial charge in [0.2, 0.25) is 0 Å². The summed E-state index contributed by atoms with van der Waals surface area (Å²) in [5.41, 5.74) is 0. The zero-order valence-electron chi connectivity index (χ0n) is 3.21. The minimum atomic E-state index is -4.54. The molecule has 0 aromatic rings. The molecular weight excluding hydrogens is 182 g/mol. The van der Waals surface area contributed by atoms with Crippen LogP contribution in [0.5, 0.6) is 0 Å². The van der Waals surface area contributed by atoms with E-state index in [4.69, 9.17) is 6.42 Å². The van der Waals surface area contributed by atoms with Gasteiger partial charge in [0.25, 0.3) is 0 Å². The summed E-state index contributed by atoms with van der Waals surface area (Å²) in [4.78, 5) is 0. The molecule has 0 aromatic heterocycles. The Morgan fingerprint density at radius 3 is 1.43 bits per heavy atom. The molecule has 0 bridgehead atoms. The maximum absolute atomic E-state index is 10.5. The Morgan fingerprint density at radius 2 is 1.43 bits per heavy atom. The van der Waals surface area contributed by atoms with Gasteiger partial charge in [0.05, 0.1) is 0 Å². The number of hydrogen-bond acceptors (Lipinski definition) is 0. The van der Waals surface area contributed by atoms with E-state index in [1.165, 1.54) is 0 Å². The second-order valence-electron chi connectivity index (χ2n) is 0.623. The number of rotatable bonds is 0. The predicted octanol–water partition coefficient (Wildman–Crippen LogP) is 1.14. The third kappa shape index (κ3) is 10.7. The van der Waals surface area contributed by atoms with Crippen molar-refractivity contribution in [3.05, 3.63) is 6.42 Å². The van der Waals surface area contributed by atoms with Crippen LogP contribution in [0.4, 0.5) is 13.2 Å². The average molecular weight is 182 g/mol. The second-order valence-corrected chi connectivity index (χ2v) is 0.623. The summed E-state index contributed by atoms with van der Waals surface area (Å²) in [6, 6.07) is 0. The van der Waals surface area contributed by atoms with Crippen molar-refractivity contribution in [1.82, 2.24) is 0 Å². The molecule has 0 N–H and O–H groups in total. The van der Waals surface area contributed by atoms with E-state index >= 15 is 0 Å². The molecule has 0 aliphatic heterocycles. The Hall–Kier alpha value is 0.454. The smallest absolute Gasteiger partial charge is 0.685 e. The van der Waals surface area contributed by atoms with E-state index in [2.05, 4.69) is 0 Å². The summed E-state index contributed by atoms with van der Waals surface area (Å²) in [5.74, 6) is 0.354. The molecule has 0 unspecified atom stereocenters. The van der Waals surface area contributed by atoms with E-state index in [0.29, 0.717) is 5.92 Å². The van der Waals surface area contributed by atoms with Crippen LogP contribution in [0.1, 0.15) is 0 Å². The van der Waals surface area contributed by atoms with Crippen LogP contribution in [-0.2, 0) is 32.7 Å². The molecule has 0 aliphatic carbocycles. The largest absolute Gasteiger partial charge is 3.00 e. The molecule has 0 saturated carbocycles. The zero-order valence-corrected chi connectivity index (χ0v) is 6.05. The van der Waals surface area contributed by atoms with Crippen molar-refractivity contribution >= 4 is 0 Å². The molecule has 4 heteroatoms. The van der Waals surface area contributed by atoms with E-state index < -0.39 is 6.18 Å². The van der Waals surface area contributed by atoms with Gasteiger partial charge in [-0.15, -0.1) is 0 Å². The van der Waals surface area contributed by atoms with E-state index in [-0.39, 0.29) is 32.7 Å². The number of halogens is 3. The van der Waals surface area contributed by atoms with Crippen molar-refractivity contribution in [2.45, 2.75) is 6.18 Å². The molecule has 0 amide bonds. The van der Waals surface area contributed by atoms with Gasteiger partial charge in [0.1, 0.15) is 0 Å². The van der Waals surface area contributed by atoms with Crippen LogP contribution < -0.4 is 0 Å².